The second-order valence-electron chi connectivity index (χ2n) is 13.2. The Morgan fingerprint density at radius 3 is 2.61 bits per heavy atom. The standard InChI is InChI=1S/C33H40N8O3/c34-13-25-15-37-40-20-28(43-10-9-38-18-29(19-38)44-21-22-1-2-22)12-30(32(25)40)24-3-4-31(36-14-24)39-16-26-11-27(17-39)41(26)33(42)23-5-7-35-8-6-23/h3-4,12,14-15,20,22-23,26-27,29,35H,1-2,5-11,16-19,21H2. The van der Waals surface area contributed by atoms with Gasteiger partial charge in [-0.05, 0) is 69.3 Å². The number of carbonyl (C=O) groups excluding carboxylic acids is 1. The number of fused-ring (bicyclic) bond motifs is 3. The van der Waals surface area contributed by atoms with Crippen molar-refractivity contribution in [1.82, 2.24) is 29.7 Å². The molecular weight excluding hydrogens is 556 g/mol. The number of pyridine rings is 2. The third-order valence-corrected chi connectivity index (χ3v) is 10.1. The first-order valence-electron chi connectivity index (χ1n) is 16.3. The van der Waals surface area contributed by atoms with Gasteiger partial charge in [-0.25, -0.2) is 9.50 Å². The number of rotatable bonds is 10. The van der Waals surface area contributed by atoms with Crippen LogP contribution >= 0.6 is 0 Å². The van der Waals surface area contributed by atoms with Crippen molar-refractivity contribution in [3.8, 4) is 22.9 Å². The maximum atomic E-state index is 13.2. The van der Waals surface area contributed by atoms with Gasteiger partial charge in [0.05, 0.1) is 41.7 Å². The molecule has 1 aliphatic carbocycles. The highest BCUT2D eigenvalue weighted by atomic mass is 16.5. The molecule has 8 heterocycles. The summed E-state index contributed by atoms with van der Waals surface area (Å²) in [4.78, 5) is 24.9. The van der Waals surface area contributed by atoms with Gasteiger partial charge in [-0.3, -0.25) is 9.69 Å². The number of ether oxygens (including phenoxy) is 2. The van der Waals surface area contributed by atoms with Gasteiger partial charge < -0.3 is 24.6 Å². The Morgan fingerprint density at radius 1 is 1.07 bits per heavy atom. The minimum atomic E-state index is 0.170. The second-order valence-corrected chi connectivity index (χ2v) is 13.2. The van der Waals surface area contributed by atoms with Crippen LogP contribution < -0.4 is 15.0 Å². The zero-order chi connectivity index (χ0) is 29.6. The minimum Gasteiger partial charge on any atom is -0.491 e. The van der Waals surface area contributed by atoms with E-state index in [2.05, 4.69) is 43.3 Å². The third-order valence-electron chi connectivity index (χ3n) is 10.1. The van der Waals surface area contributed by atoms with E-state index in [9.17, 15) is 10.1 Å². The van der Waals surface area contributed by atoms with Crippen molar-refractivity contribution in [3.63, 3.8) is 0 Å². The summed E-state index contributed by atoms with van der Waals surface area (Å²) >= 11 is 0. The van der Waals surface area contributed by atoms with Gasteiger partial charge in [0.1, 0.15) is 24.2 Å². The van der Waals surface area contributed by atoms with Crippen LogP contribution in [-0.2, 0) is 9.53 Å². The number of carbonyl (C=O) groups is 1. The molecule has 6 aliphatic rings. The van der Waals surface area contributed by atoms with Gasteiger partial charge in [0.25, 0.3) is 0 Å². The molecule has 6 fully saturated rings. The second kappa shape index (κ2) is 11.7. The van der Waals surface area contributed by atoms with Gasteiger partial charge in [-0.1, -0.05) is 0 Å². The van der Waals surface area contributed by atoms with E-state index in [0.717, 1.165) is 100 Å². The fourth-order valence-corrected chi connectivity index (χ4v) is 7.31. The fraction of sp³-hybridized carbons (Fsp3) is 0.576. The van der Waals surface area contributed by atoms with Gasteiger partial charge in [-0.15, -0.1) is 0 Å². The van der Waals surface area contributed by atoms with Crippen molar-refractivity contribution < 1.29 is 14.3 Å². The molecule has 1 saturated carbocycles. The summed E-state index contributed by atoms with van der Waals surface area (Å²) in [6.07, 6.45) is 11.3. The molecule has 3 aromatic rings. The van der Waals surface area contributed by atoms with E-state index in [1.807, 2.05) is 18.5 Å². The summed E-state index contributed by atoms with van der Waals surface area (Å²) in [7, 11) is 0. The van der Waals surface area contributed by atoms with Crippen LogP contribution in [0.25, 0.3) is 16.6 Å². The Balaban J connectivity index is 0.922. The van der Waals surface area contributed by atoms with Crippen LogP contribution in [0.2, 0.25) is 0 Å². The number of nitriles is 1. The normalized spacial score (nSPS) is 24.2. The monoisotopic (exact) mass is 596 g/mol. The highest BCUT2D eigenvalue weighted by Gasteiger charge is 2.48. The van der Waals surface area contributed by atoms with Crippen molar-refractivity contribution in [1.29, 1.82) is 5.26 Å². The average Bonchev–Trinajstić information content (AvgIpc) is 3.78. The van der Waals surface area contributed by atoms with Crippen molar-refractivity contribution in [2.45, 2.75) is 50.3 Å². The van der Waals surface area contributed by atoms with E-state index in [1.54, 1.807) is 10.7 Å². The molecule has 9 rings (SSSR count). The predicted octanol–water partition coefficient (Wildman–Crippen LogP) is 2.55. The van der Waals surface area contributed by atoms with Crippen LogP contribution in [0.3, 0.4) is 0 Å². The quantitative estimate of drug-likeness (QED) is 0.378. The molecule has 0 aromatic carbocycles. The smallest absolute Gasteiger partial charge is 0.226 e. The molecule has 2 unspecified atom stereocenters. The van der Waals surface area contributed by atoms with E-state index >= 15 is 0 Å². The molecule has 44 heavy (non-hydrogen) atoms. The number of nitrogens with zero attached hydrogens (tertiary/aromatic N) is 7. The number of hydrogen-bond acceptors (Lipinski definition) is 9. The lowest BCUT2D eigenvalue weighted by atomic mass is 9.84. The molecule has 2 bridgehead atoms. The van der Waals surface area contributed by atoms with Crippen LogP contribution in [0.1, 0.15) is 37.7 Å². The zero-order valence-electron chi connectivity index (χ0n) is 25.1. The lowest BCUT2D eigenvalue weighted by Gasteiger charge is -2.57. The Morgan fingerprint density at radius 2 is 1.89 bits per heavy atom. The lowest BCUT2D eigenvalue weighted by molar-refractivity contribution is -0.151. The lowest BCUT2D eigenvalue weighted by Crippen LogP contribution is -2.71. The zero-order valence-corrected chi connectivity index (χ0v) is 25.1. The van der Waals surface area contributed by atoms with Gasteiger partial charge >= 0.3 is 0 Å². The van der Waals surface area contributed by atoms with E-state index in [1.165, 1.54) is 12.8 Å². The van der Waals surface area contributed by atoms with E-state index in [-0.39, 0.29) is 18.0 Å². The summed E-state index contributed by atoms with van der Waals surface area (Å²) in [6, 6.07) is 8.93. The minimum absolute atomic E-state index is 0.170. The summed E-state index contributed by atoms with van der Waals surface area (Å²) in [6.45, 7) is 7.77. The van der Waals surface area contributed by atoms with E-state index < -0.39 is 0 Å². The molecular formula is C33H40N8O3. The Bertz CT molecular complexity index is 1540. The third kappa shape index (κ3) is 5.40. The molecule has 2 atom stereocenters. The molecule has 5 aliphatic heterocycles. The van der Waals surface area contributed by atoms with Crippen molar-refractivity contribution in [2.24, 2.45) is 11.8 Å². The number of anilines is 1. The Hall–Kier alpha value is -3.72. The molecule has 0 radical (unpaired) electrons. The number of hydrogen-bond donors (Lipinski definition) is 1. The maximum Gasteiger partial charge on any atom is 0.226 e. The number of likely N-dealkylation sites (tertiary alicyclic amines) is 1. The number of aromatic nitrogens is 3. The summed E-state index contributed by atoms with van der Waals surface area (Å²) in [5.41, 5.74) is 3.04. The predicted molar refractivity (Wildman–Crippen MR) is 164 cm³/mol. The molecule has 1 amide bonds. The van der Waals surface area contributed by atoms with Crippen LogP contribution in [0.4, 0.5) is 5.82 Å². The summed E-state index contributed by atoms with van der Waals surface area (Å²) in [5, 5.41) is 17.6. The number of piperidine rings is 2. The van der Waals surface area contributed by atoms with Gasteiger partial charge in [-0.2, -0.15) is 10.4 Å². The first-order valence-corrected chi connectivity index (χ1v) is 16.3. The van der Waals surface area contributed by atoms with Gasteiger partial charge in [0.15, 0.2) is 0 Å². The molecule has 230 valence electrons. The van der Waals surface area contributed by atoms with Gasteiger partial charge in [0, 0.05) is 62.6 Å². The first-order chi connectivity index (χ1) is 21.6. The first kappa shape index (κ1) is 27.8. The summed E-state index contributed by atoms with van der Waals surface area (Å²) < 4.78 is 13.9. The number of amides is 1. The molecule has 5 saturated heterocycles. The van der Waals surface area contributed by atoms with Crippen LogP contribution in [0, 0.1) is 23.2 Å². The Kier molecular flexibility index (Phi) is 7.36. The van der Waals surface area contributed by atoms with Crippen molar-refractivity contribution >= 4 is 17.2 Å². The molecule has 3 aromatic heterocycles. The van der Waals surface area contributed by atoms with Crippen molar-refractivity contribution in [2.75, 3.05) is 63.9 Å². The Labute approximate surface area is 257 Å². The number of nitrogens with one attached hydrogen (secondary N) is 1. The molecule has 1 N–H and O–H groups in total. The highest BCUT2D eigenvalue weighted by molar-refractivity contribution is 5.85. The highest BCUT2D eigenvalue weighted by Crippen LogP contribution is 2.37. The SMILES string of the molecule is N#Cc1cnn2cc(OCCN3CC(OCC4CC4)C3)cc(-c3ccc(N4CC5CC(C4)N5C(=O)C4CCNCC4)nc3)c12. The molecule has 11 heteroatoms. The average molecular weight is 597 g/mol. The molecule has 0 spiro atoms. The van der Waals surface area contributed by atoms with Gasteiger partial charge in [0.2, 0.25) is 5.91 Å². The molecule has 11 nitrogen and oxygen atoms in total. The van der Waals surface area contributed by atoms with Crippen LogP contribution in [-0.4, -0.2) is 108 Å². The van der Waals surface area contributed by atoms with Crippen LogP contribution in [0.5, 0.6) is 5.75 Å². The number of piperazine rings is 1. The largest absolute Gasteiger partial charge is 0.491 e. The van der Waals surface area contributed by atoms with E-state index in [4.69, 9.17) is 14.5 Å². The summed E-state index contributed by atoms with van der Waals surface area (Å²) in [5.74, 6) is 2.95. The fourth-order valence-electron chi connectivity index (χ4n) is 7.31. The maximum absolute atomic E-state index is 13.2. The van der Waals surface area contributed by atoms with Crippen molar-refractivity contribution in [3.05, 3.63) is 42.4 Å². The van der Waals surface area contributed by atoms with Crippen LogP contribution in [0.15, 0.2) is 36.8 Å². The van der Waals surface area contributed by atoms with E-state index in [0.29, 0.717) is 29.9 Å². The topological polar surface area (TPSA) is 111 Å².